The van der Waals surface area contributed by atoms with E-state index in [0.717, 1.165) is 19.1 Å². The van der Waals surface area contributed by atoms with Crippen molar-refractivity contribution >= 4 is 11.8 Å². The first-order valence-corrected chi connectivity index (χ1v) is 7.24. The fourth-order valence-electron chi connectivity index (χ4n) is 2.27. The highest BCUT2D eigenvalue weighted by Gasteiger charge is 2.28. The molecule has 0 aliphatic carbocycles. The molecule has 2 aliphatic rings. The summed E-state index contributed by atoms with van der Waals surface area (Å²) in [5.74, 6) is 3.58. The molecule has 0 bridgehead atoms. The second-order valence-corrected chi connectivity index (χ2v) is 6.81. The van der Waals surface area contributed by atoms with Crippen molar-refractivity contribution in [1.82, 2.24) is 5.32 Å². The molecule has 0 aromatic heterocycles. The highest BCUT2D eigenvalue weighted by atomic mass is 32.2. The summed E-state index contributed by atoms with van der Waals surface area (Å²) < 4.78 is 5.88. The molecule has 2 nitrogen and oxygen atoms in total. The molecule has 2 rings (SSSR count). The van der Waals surface area contributed by atoms with E-state index in [9.17, 15) is 0 Å². The molecule has 0 spiro atoms. The molecule has 2 atom stereocenters. The van der Waals surface area contributed by atoms with Crippen molar-refractivity contribution in [2.75, 3.05) is 24.7 Å². The Morgan fingerprint density at radius 2 is 2.33 bits per heavy atom. The summed E-state index contributed by atoms with van der Waals surface area (Å²) >= 11 is 2.11. The Balaban J connectivity index is 1.71. The van der Waals surface area contributed by atoms with E-state index in [2.05, 4.69) is 30.9 Å². The van der Waals surface area contributed by atoms with Crippen molar-refractivity contribution in [1.29, 1.82) is 0 Å². The summed E-state index contributed by atoms with van der Waals surface area (Å²) in [4.78, 5) is 0. The standard InChI is InChI=1S/C12H23NOS/c1-12(2)8-13-11(14-9-12)6-10-4-3-5-15-7-10/h10-11,13H,3-9H2,1-2H3. The van der Waals surface area contributed by atoms with Crippen LogP contribution in [0.5, 0.6) is 0 Å². The lowest BCUT2D eigenvalue weighted by Gasteiger charge is -2.37. The van der Waals surface area contributed by atoms with Gasteiger partial charge in [0.1, 0.15) is 6.23 Å². The second kappa shape index (κ2) is 5.07. The van der Waals surface area contributed by atoms with Gasteiger partial charge in [0.05, 0.1) is 6.61 Å². The highest BCUT2D eigenvalue weighted by Crippen LogP contribution is 2.28. The Hall–Kier alpha value is 0.270. The van der Waals surface area contributed by atoms with Crippen molar-refractivity contribution < 1.29 is 4.74 Å². The highest BCUT2D eigenvalue weighted by molar-refractivity contribution is 7.99. The number of thioether (sulfide) groups is 1. The van der Waals surface area contributed by atoms with E-state index in [1.165, 1.54) is 30.8 Å². The molecule has 1 N–H and O–H groups in total. The van der Waals surface area contributed by atoms with Crippen LogP contribution in [0, 0.1) is 11.3 Å². The number of rotatable bonds is 2. The van der Waals surface area contributed by atoms with Gasteiger partial charge >= 0.3 is 0 Å². The molecule has 0 saturated carbocycles. The van der Waals surface area contributed by atoms with E-state index in [1.807, 2.05) is 0 Å². The minimum absolute atomic E-state index is 0.317. The molecule has 0 amide bonds. The molecular formula is C12H23NOS. The van der Waals surface area contributed by atoms with Gasteiger partial charge in [-0.05, 0) is 36.7 Å². The van der Waals surface area contributed by atoms with Gasteiger partial charge in [-0.15, -0.1) is 0 Å². The molecule has 2 heterocycles. The van der Waals surface area contributed by atoms with Crippen LogP contribution in [0.3, 0.4) is 0 Å². The second-order valence-electron chi connectivity index (χ2n) is 5.66. The van der Waals surface area contributed by atoms with E-state index < -0.39 is 0 Å². The average Bonchev–Trinajstić information content (AvgIpc) is 2.23. The van der Waals surface area contributed by atoms with Crippen LogP contribution in [0.1, 0.15) is 33.1 Å². The van der Waals surface area contributed by atoms with E-state index >= 15 is 0 Å². The number of ether oxygens (including phenoxy) is 1. The Bertz CT molecular complexity index is 192. The molecule has 2 saturated heterocycles. The lowest BCUT2D eigenvalue weighted by Crippen LogP contribution is -2.48. The van der Waals surface area contributed by atoms with Gasteiger partial charge in [-0.1, -0.05) is 13.8 Å². The van der Waals surface area contributed by atoms with E-state index in [-0.39, 0.29) is 0 Å². The Morgan fingerprint density at radius 1 is 1.47 bits per heavy atom. The number of hydrogen-bond acceptors (Lipinski definition) is 3. The zero-order chi connectivity index (χ0) is 10.7. The summed E-state index contributed by atoms with van der Waals surface area (Å²) in [6.45, 7) is 6.52. The topological polar surface area (TPSA) is 21.3 Å². The summed E-state index contributed by atoms with van der Waals surface area (Å²) in [6.07, 6.45) is 4.33. The van der Waals surface area contributed by atoms with Crippen molar-refractivity contribution in [3.05, 3.63) is 0 Å². The molecule has 0 aromatic rings. The maximum atomic E-state index is 5.88. The van der Waals surface area contributed by atoms with Crippen LogP contribution in [0.4, 0.5) is 0 Å². The molecule has 2 unspecified atom stereocenters. The van der Waals surface area contributed by atoms with Gasteiger partial charge < -0.3 is 4.74 Å². The third-order valence-electron chi connectivity index (χ3n) is 3.29. The molecule has 88 valence electrons. The molecular weight excluding hydrogens is 206 g/mol. The zero-order valence-corrected chi connectivity index (χ0v) is 10.7. The van der Waals surface area contributed by atoms with Gasteiger partial charge in [0.25, 0.3) is 0 Å². The van der Waals surface area contributed by atoms with Crippen LogP contribution in [0.15, 0.2) is 0 Å². The first-order valence-electron chi connectivity index (χ1n) is 6.08. The molecule has 0 radical (unpaired) electrons. The van der Waals surface area contributed by atoms with Gasteiger partial charge in [0, 0.05) is 12.0 Å². The maximum absolute atomic E-state index is 5.88. The van der Waals surface area contributed by atoms with Gasteiger partial charge in [0.15, 0.2) is 0 Å². The van der Waals surface area contributed by atoms with Gasteiger partial charge in [0.2, 0.25) is 0 Å². The quantitative estimate of drug-likeness (QED) is 0.786. The Morgan fingerprint density at radius 3 is 2.93 bits per heavy atom. The minimum atomic E-state index is 0.317. The molecule has 0 aromatic carbocycles. The predicted octanol–water partition coefficient (Wildman–Crippen LogP) is 2.49. The monoisotopic (exact) mass is 229 g/mol. The maximum Gasteiger partial charge on any atom is 0.108 e. The fourth-order valence-corrected chi connectivity index (χ4v) is 3.45. The third kappa shape index (κ3) is 3.65. The smallest absolute Gasteiger partial charge is 0.108 e. The van der Waals surface area contributed by atoms with Crippen molar-refractivity contribution in [2.45, 2.75) is 39.3 Å². The van der Waals surface area contributed by atoms with Crippen LogP contribution in [0.2, 0.25) is 0 Å². The lowest BCUT2D eigenvalue weighted by atomic mass is 9.92. The van der Waals surface area contributed by atoms with Crippen LogP contribution in [-0.4, -0.2) is 30.9 Å². The lowest BCUT2D eigenvalue weighted by molar-refractivity contribution is -0.0666. The predicted molar refractivity (Wildman–Crippen MR) is 66.2 cm³/mol. The Kier molecular flexibility index (Phi) is 3.97. The van der Waals surface area contributed by atoms with Crippen molar-refractivity contribution in [2.24, 2.45) is 11.3 Å². The van der Waals surface area contributed by atoms with Gasteiger partial charge in [-0.2, -0.15) is 11.8 Å². The number of hydrogen-bond donors (Lipinski definition) is 1. The third-order valence-corrected chi connectivity index (χ3v) is 4.57. The summed E-state index contributed by atoms with van der Waals surface area (Å²) in [5.41, 5.74) is 0.317. The summed E-state index contributed by atoms with van der Waals surface area (Å²) in [5, 5.41) is 3.53. The van der Waals surface area contributed by atoms with Crippen LogP contribution in [-0.2, 0) is 4.74 Å². The van der Waals surface area contributed by atoms with Crippen molar-refractivity contribution in [3.63, 3.8) is 0 Å². The first kappa shape index (κ1) is 11.7. The molecule has 2 aliphatic heterocycles. The SMILES string of the molecule is CC1(C)CNC(CC2CCCSC2)OC1. The van der Waals surface area contributed by atoms with E-state index in [1.54, 1.807) is 0 Å². The molecule has 3 heteroatoms. The summed E-state index contributed by atoms with van der Waals surface area (Å²) in [6, 6.07) is 0. The number of nitrogens with one attached hydrogen (secondary N) is 1. The minimum Gasteiger partial charge on any atom is -0.363 e. The van der Waals surface area contributed by atoms with Crippen LogP contribution in [0.25, 0.3) is 0 Å². The summed E-state index contributed by atoms with van der Waals surface area (Å²) in [7, 11) is 0. The van der Waals surface area contributed by atoms with Crippen LogP contribution < -0.4 is 5.32 Å². The normalized spacial score (nSPS) is 36.4. The largest absolute Gasteiger partial charge is 0.363 e. The van der Waals surface area contributed by atoms with Crippen LogP contribution >= 0.6 is 11.8 Å². The van der Waals surface area contributed by atoms with E-state index in [4.69, 9.17) is 4.74 Å². The van der Waals surface area contributed by atoms with Gasteiger partial charge in [-0.3, -0.25) is 5.32 Å². The Labute approximate surface area is 97.5 Å². The average molecular weight is 229 g/mol. The van der Waals surface area contributed by atoms with Gasteiger partial charge in [-0.25, -0.2) is 0 Å². The zero-order valence-electron chi connectivity index (χ0n) is 9.92. The first-order chi connectivity index (χ1) is 7.16. The fraction of sp³-hybridized carbons (Fsp3) is 1.00. The van der Waals surface area contributed by atoms with Crippen molar-refractivity contribution in [3.8, 4) is 0 Å². The molecule has 2 fully saturated rings. The molecule has 15 heavy (non-hydrogen) atoms. The van der Waals surface area contributed by atoms with E-state index in [0.29, 0.717) is 11.6 Å².